The minimum atomic E-state index is -1.15. The Bertz CT molecular complexity index is 1150. The molecule has 0 atom stereocenters. The molecule has 1 aromatic heterocycles. The molecule has 2 aromatic carbocycles. The highest BCUT2D eigenvalue weighted by Gasteiger charge is 2.27. The van der Waals surface area contributed by atoms with Crippen LogP contribution in [0.2, 0.25) is 5.02 Å². The molecule has 0 bridgehead atoms. The maximum Gasteiger partial charge on any atom is 0.339 e. The fraction of sp³-hybridized carbons (Fsp3) is 0.0476. The van der Waals surface area contributed by atoms with Gasteiger partial charge in [-0.05, 0) is 23.3 Å². The molecule has 1 amide bonds. The lowest BCUT2D eigenvalue weighted by molar-refractivity contribution is -0.112. The van der Waals surface area contributed by atoms with E-state index in [1.807, 2.05) is 12.1 Å². The molecule has 0 aliphatic carbocycles. The number of aliphatic hydroxyl groups excluding tert-OH is 1. The first-order valence-electron chi connectivity index (χ1n) is 8.52. The van der Waals surface area contributed by atoms with Crippen LogP contribution in [0.1, 0.15) is 21.5 Å². The summed E-state index contributed by atoms with van der Waals surface area (Å²) in [6, 6.07) is 14.1. The third kappa shape index (κ3) is 3.76. The number of rotatable bonds is 4. The van der Waals surface area contributed by atoms with Crippen LogP contribution in [0.4, 0.5) is 5.00 Å². The van der Waals surface area contributed by atoms with Crippen LogP contribution < -0.4 is 5.32 Å². The Balaban J connectivity index is 1.67. The van der Waals surface area contributed by atoms with E-state index in [0.717, 1.165) is 16.9 Å². The number of anilines is 1. The van der Waals surface area contributed by atoms with Gasteiger partial charge in [0.05, 0.1) is 0 Å². The van der Waals surface area contributed by atoms with Crippen LogP contribution in [0.15, 0.2) is 58.8 Å². The molecule has 1 aliphatic heterocycles. The number of carboxylic acids is 1. The van der Waals surface area contributed by atoms with Crippen LogP contribution in [-0.2, 0) is 10.5 Å². The van der Waals surface area contributed by atoms with Gasteiger partial charge in [0.25, 0.3) is 5.91 Å². The zero-order chi connectivity index (χ0) is 20.5. The number of nitrogens with one attached hydrogen (secondary N) is 1. The van der Waals surface area contributed by atoms with E-state index in [9.17, 15) is 19.8 Å². The van der Waals surface area contributed by atoms with Crippen molar-refractivity contribution in [3.05, 3.63) is 80.5 Å². The number of carbonyl (C=O) groups is 2. The smallest absolute Gasteiger partial charge is 0.339 e. The molecule has 0 saturated heterocycles. The predicted octanol–water partition coefficient (Wildman–Crippen LogP) is 5.88. The van der Waals surface area contributed by atoms with E-state index in [2.05, 4.69) is 5.32 Å². The van der Waals surface area contributed by atoms with Crippen molar-refractivity contribution in [3.8, 4) is 11.1 Å². The Kier molecular flexibility index (Phi) is 5.36. The molecule has 2 heterocycles. The van der Waals surface area contributed by atoms with Gasteiger partial charge in [0, 0.05) is 27.3 Å². The van der Waals surface area contributed by atoms with E-state index in [1.54, 1.807) is 41.8 Å². The summed E-state index contributed by atoms with van der Waals surface area (Å²) in [6.45, 7) is 0. The van der Waals surface area contributed by atoms with Gasteiger partial charge in [0.1, 0.15) is 21.2 Å². The van der Waals surface area contributed by atoms with Crippen LogP contribution >= 0.6 is 34.7 Å². The summed E-state index contributed by atoms with van der Waals surface area (Å²) >= 11 is 8.25. The summed E-state index contributed by atoms with van der Waals surface area (Å²) in [5.41, 5.74) is 2.75. The van der Waals surface area contributed by atoms with E-state index in [4.69, 9.17) is 11.6 Å². The van der Waals surface area contributed by atoms with Crippen molar-refractivity contribution < 1.29 is 19.8 Å². The first-order valence-corrected chi connectivity index (χ1v) is 10.8. The molecule has 8 heteroatoms. The summed E-state index contributed by atoms with van der Waals surface area (Å²) in [4.78, 5) is 24.9. The highest BCUT2D eigenvalue weighted by Crippen LogP contribution is 2.39. The number of halogens is 1. The molecule has 3 N–H and O–H groups in total. The topological polar surface area (TPSA) is 86.6 Å². The van der Waals surface area contributed by atoms with Crippen molar-refractivity contribution in [2.75, 3.05) is 5.32 Å². The Morgan fingerprint density at radius 1 is 1.03 bits per heavy atom. The van der Waals surface area contributed by atoms with Crippen LogP contribution in [0, 0.1) is 0 Å². The average Bonchev–Trinajstić information content (AvgIpc) is 3.12. The molecule has 0 fully saturated rings. The number of carbonyl (C=O) groups excluding carboxylic acids is 1. The van der Waals surface area contributed by atoms with Crippen LogP contribution in [0.25, 0.3) is 16.9 Å². The number of hydrogen-bond donors (Lipinski definition) is 3. The van der Waals surface area contributed by atoms with Crippen molar-refractivity contribution in [2.45, 2.75) is 5.75 Å². The van der Waals surface area contributed by atoms with Crippen molar-refractivity contribution >= 4 is 57.3 Å². The highest BCUT2D eigenvalue weighted by molar-refractivity contribution is 8.03. The lowest BCUT2D eigenvalue weighted by Gasteiger charge is -2.18. The fourth-order valence-electron chi connectivity index (χ4n) is 3.05. The average molecular weight is 444 g/mol. The lowest BCUT2D eigenvalue weighted by atomic mass is 10.0. The standard InChI is InChI=1S/C21H14ClNO4S2/c22-13-7-5-11(6-8-13)15-10-29-20(16(15)21(26)27)23-19(25)18-17(24)14-4-2-1-3-12(14)9-28-18/h1-8,10,24H,9H2,(H,23,25)(H,26,27). The van der Waals surface area contributed by atoms with E-state index in [1.165, 1.54) is 11.8 Å². The second-order valence-corrected chi connectivity index (χ2v) is 8.54. The van der Waals surface area contributed by atoms with Gasteiger partial charge < -0.3 is 15.5 Å². The molecule has 29 heavy (non-hydrogen) atoms. The Hall–Kier alpha value is -2.74. The Labute approximate surface area is 179 Å². The third-order valence-corrected chi connectivity index (χ3v) is 6.72. The van der Waals surface area contributed by atoms with Crippen molar-refractivity contribution in [1.29, 1.82) is 0 Å². The van der Waals surface area contributed by atoms with Gasteiger partial charge in [-0.25, -0.2) is 4.79 Å². The molecule has 5 nitrogen and oxygen atoms in total. The largest absolute Gasteiger partial charge is 0.506 e. The number of thioether (sulfide) groups is 1. The van der Waals surface area contributed by atoms with E-state index in [-0.39, 0.29) is 21.2 Å². The number of fused-ring (bicyclic) bond motifs is 1. The molecule has 3 aromatic rings. The van der Waals surface area contributed by atoms with Gasteiger partial charge >= 0.3 is 5.97 Å². The summed E-state index contributed by atoms with van der Waals surface area (Å²) in [5.74, 6) is -1.23. The van der Waals surface area contributed by atoms with Crippen molar-refractivity contribution in [3.63, 3.8) is 0 Å². The van der Waals surface area contributed by atoms with Gasteiger partial charge in [-0.2, -0.15) is 0 Å². The van der Waals surface area contributed by atoms with Crippen LogP contribution in [0.3, 0.4) is 0 Å². The summed E-state index contributed by atoms with van der Waals surface area (Å²) in [6.07, 6.45) is 0. The van der Waals surface area contributed by atoms with Crippen molar-refractivity contribution in [1.82, 2.24) is 0 Å². The number of amides is 1. The summed E-state index contributed by atoms with van der Waals surface area (Å²) in [5, 5.41) is 25.4. The first-order chi connectivity index (χ1) is 14.0. The zero-order valence-electron chi connectivity index (χ0n) is 14.8. The second kappa shape index (κ2) is 7.94. The number of carboxylic acid groups (broad SMARTS) is 1. The van der Waals surface area contributed by atoms with Gasteiger partial charge in [0.15, 0.2) is 0 Å². The van der Waals surface area contributed by atoms with E-state index >= 15 is 0 Å². The van der Waals surface area contributed by atoms with Gasteiger partial charge in [-0.15, -0.1) is 23.1 Å². The number of benzene rings is 2. The third-order valence-electron chi connectivity index (χ3n) is 4.45. The van der Waals surface area contributed by atoms with Gasteiger partial charge in [-0.1, -0.05) is 48.0 Å². The number of aromatic carboxylic acids is 1. The maximum absolute atomic E-state index is 12.8. The van der Waals surface area contributed by atoms with Crippen LogP contribution in [0.5, 0.6) is 0 Å². The van der Waals surface area contributed by atoms with E-state index in [0.29, 0.717) is 27.5 Å². The lowest BCUT2D eigenvalue weighted by Crippen LogP contribution is -2.17. The quantitative estimate of drug-likeness (QED) is 0.468. The van der Waals surface area contributed by atoms with Gasteiger partial charge in [-0.3, -0.25) is 4.79 Å². The monoisotopic (exact) mass is 443 g/mol. The SMILES string of the molecule is O=C(Nc1scc(-c2ccc(Cl)cc2)c1C(=O)O)C1=C(O)c2ccccc2CS1. The second-order valence-electron chi connectivity index (χ2n) is 6.24. The molecule has 0 unspecified atom stereocenters. The summed E-state index contributed by atoms with van der Waals surface area (Å²) in [7, 11) is 0. The first kappa shape index (κ1) is 19.6. The molecular formula is C21H14ClNO4S2. The number of aliphatic hydroxyl groups is 1. The Morgan fingerprint density at radius 3 is 2.48 bits per heavy atom. The molecular weight excluding hydrogens is 430 g/mol. The maximum atomic E-state index is 12.8. The fourth-order valence-corrected chi connectivity index (χ4v) is 5.12. The predicted molar refractivity (Wildman–Crippen MR) is 118 cm³/mol. The van der Waals surface area contributed by atoms with Crippen LogP contribution in [-0.4, -0.2) is 22.1 Å². The number of thiophene rings is 1. The Morgan fingerprint density at radius 2 is 1.76 bits per heavy atom. The molecule has 1 aliphatic rings. The zero-order valence-corrected chi connectivity index (χ0v) is 17.2. The molecule has 0 saturated carbocycles. The highest BCUT2D eigenvalue weighted by atomic mass is 35.5. The number of hydrogen-bond acceptors (Lipinski definition) is 5. The van der Waals surface area contributed by atoms with E-state index < -0.39 is 11.9 Å². The minimum Gasteiger partial charge on any atom is -0.506 e. The minimum absolute atomic E-state index is 0.00646. The summed E-state index contributed by atoms with van der Waals surface area (Å²) < 4.78 is 0. The molecule has 146 valence electrons. The molecule has 4 rings (SSSR count). The van der Waals surface area contributed by atoms with Gasteiger partial charge in [0.2, 0.25) is 0 Å². The normalized spacial score (nSPS) is 13.1. The molecule has 0 spiro atoms. The van der Waals surface area contributed by atoms with Crippen molar-refractivity contribution in [2.24, 2.45) is 0 Å². The molecule has 0 radical (unpaired) electrons.